The van der Waals surface area contributed by atoms with Crippen molar-refractivity contribution in [1.29, 1.82) is 0 Å². The van der Waals surface area contributed by atoms with Crippen molar-refractivity contribution < 1.29 is 110 Å². The summed E-state index contributed by atoms with van der Waals surface area (Å²) in [7, 11) is -7.57. The molecule has 0 aliphatic carbocycles. The number of alkyl halides is 24. The molecular formula is C56H34F24OP2. The van der Waals surface area contributed by atoms with Crippen molar-refractivity contribution in [1.82, 2.24) is 0 Å². The zero-order valence-corrected chi connectivity index (χ0v) is 43.4. The van der Waals surface area contributed by atoms with Gasteiger partial charge in [-0.25, -0.2) is 0 Å². The lowest BCUT2D eigenvalue weighted by atomic mass is 9.93. The summed E-state index contributed by atoms with van der Waals surface area (Å²) in [5, 5.41) is -7.32. The highest BCUT2D eigenvalue weighted by Crippen LogP contribution is 2.51. The first-order valence-electron chi connectivity index (χ1n) is 23.5. The van der Waals surface area contributed by atoms with Gasteiger partial charge in [0.15, 0.2) is 0 Å². The molecule has 83 heavy (non-hydrogen) atoms. The Balaban J connectivity index is 0.00000190. The highest BCUT2D eigenvalue weighted by atomic mass is 31.1. The SMILES string of the molecule is CCOCC.FC(F)(F)c1cc(P(c2cc(C(F)(F)F)cc(C(F)(F)F)c2)c2ccc3ccccc3c2-c2c(P(c3cc(C(F)(F)F)cc(C(F)(F)F)c3)c3cc(C(F)(F)F)cc(C(F)(F)F)c3)ccc3ccccc23)cc(C(F)(F)F)c1. The Morgan fingerprint density at radius 1 is 0.277 bits per heavy atom. The minimum Gasteiger partial charge on any atom is -0.382 e. The van der Waals surface area contributed by atoms with Crippen LogP contribution in [0.5, 0.6) is 0 Å². The number of halogens is 24. The molecule has 27 heteroatoms. The largest absolute Gasteiger partial charge is 0.416 e. The van der Waals surface area contributed by atoms with Crippen molar-refractivity contribution in [3.8, 4) is 11.1 Å². The minimum atomic E-state index is -5.74. The van der Waals surface area contributed by atoms with Gasteiger partial charge in [0.05, 0.1) is 44.5 Å². The van der Waals surface area contributed by atoms with E-state index in [4.69, 9.17) is 4.74 Å². The van der Waals surface area contributed by atoms with E-state index >= 15 is 0 Å². The molecule has 0 aromatic heterocycles. The first-order valence-corrected chi connectivity index (χ1v) is 26.2. The summed E-state index contributed by atoms with van der Waals surface area (Å²) >= 11 is 0. The maximum atomic E-state index is 14.7. The van der Waals surface area contributed by atoms with Crippen molar-refractivity contribution in [2.45, 2.75) is 63.3 Å². The van der Waals surface area contributed by atoms with E-state index in [2.05, 4.69) is 0 Å². The van der Waals surface area contributed by atoms with E-state index < -0.39 is 177 Å². The zero-order valence-electron chi connectivity index (χ0n) is 41.6. The van der Waals surface area contributed by atoms with E-state index in [0.717, 1.165) is 49.6 Å². The molecular weight excluding hydrogens is 1210 g/mol. The predicted molar refractivity (Wildman–Crippen MR) is 266 cm³/mol. The van der Waals surface area contributed by atoms with Crippen LogP contribution < -0.4 is 31.8 Å². The molecule has 0 fully saturated rings. The highest BCUT2D eigenvalue weighted by Gasteiger charge is 2.44. The Kier molecular flexibility index (Phi) is 17.8. The molecule has 8 aromatic carbocycles. The third-order valence-electron chi connectivity index (χ3n) is 12.3. The zero-order chi connectivity index (χ0) is 61.8. The van der Waals surface area contributed by atoms with Gasteiger partial charge in [-0.1, -0.05) is 72.8 Å². The molecule has 0 spiro atoms. The molecule has 8 aromatic rings. The Bertz CT molecular complexity index is 3140. The van der Waals surface area contributed by atoms with Crippen LogP contribution in [0.1, 0.15) is 58.4 Å². The molecule has 8 rings (SSSR count). The second-order valence-corrected chi connectivity index (χ2v) is 22.2. The quantitative estimate of drug-likeness (QED) is 0.103. The average molecular weight is 1240 g/mol. The van der Waals surface area contributed by atoms with Crippen LogP contribution in [0.4, 0.5) is 105 Å². The average Bonchev–Trinajstić information content (AvgIpc) is 3.57. The van der Waals surface area contributed by atoms with Crippen LogP contribution in [0.2, 0.25) is 0 Å². The fourth-order valence-electron chi connectivity index (χ4n) is 8.75. The van der Waals surface area contributed by atoms with Crippen LogP contribution in [0.3, 0.4) is 0 Å². The third kappa shape index (κ3) is 14.5. The van der Waals surface area contributed by atoms with Gasteiger partial charge in [0.1, 0.15) is 0 Å². The normalized spacial score (nSPS) is 13.3. The first kappa shape index (κ1) is 64.0. The third-order valence-corrected chi connectivity index (χ3v) is 17.1. The minimum absolute atomic E-state index is 0.00701. The molecule has 0 saturated carbocycles. The predicted octanol–water partition coefficient (Wildman–Crippen LogP) is 18.4. The molecule has 1 nitrogen and oxygen atoms in total. The van der Waals surface area contributed by atoms with Gasteiger partial charge in [-0.05, 0) is 167 Å². The van der Waals surface area contributed by atoms with E-state index in [-0.39, 0.29) is 70.1 Å². The summed E-state index contributed by atoms with van der Waals surface area (Å²) in [6, 6.07) is 11.8. The molecule has 0 heterocycles. The molecule has 0 bridgehead atoms. The van der Waals surface area contributed by atoms with Crippen molar-refractivity contribution in [2.24, 2.45) is 0 Å². The summed E-state index contributed by atoms with van der Waals surface area (Å²) in [5.41, 5.74) is -18.5. The van der Waals surface area contributed by atoms with Crippen LogP contribution in [-0.4, -0.2) is 13.2 Å². The topological polar surface area (TPSA) is 9.23 Å². The molecule has 0 aliphatic rings. The molecule has 0 aliphatic heterocycles. The summed E-state index contributed by atoms with van der Waals surface area (Å²) in [4.78, 5) is 0. The van der Waals surface area contributed by atoms with Gasteiger partial charge in [-0.3, -0.25) is 0 Å². The van der Waals surface area contributed by atoms with Crippen LogP contribution >= 0.6 is 15.8 Å². The Morgan fingerprint density at radius 3 is 0.663 bits per heavy atom. The van der Waals surface area contributed by atoms with E-state index in [1.807, 2.05) is 13.8 Å². The second-order valence-electron chi connectivity index (χ2n) is 17.9. The summed E-state index contributed by atoms with van der Waals surface area (Å²) in [6.45, 7) is 5.67. The smallest absolute Gasteiger partial charge is 0.382 e. The molecule has 0 N–H and O–H groups in total. The molecule has 0 saturated heterocycles. The van der Waals surface area contributed by atoms with Crippen LogP contribution in [0.25, 0.3) is 32.7 Å². The van der Waals surface area contributed by atoms with E-state index in [1.54, 1.807) is 0 Å². The van der Waals surface area contributed by atoms with Crippen molar-refractivity contribution in [3.63, 3.8) is 0 Å². The van der Waals surface area contributed by atoms with Crippen LogP contribution in [-0.2, 0) is 54.1 Å². The molecule has 0 unspecified atom stereocenters. The van der Waals surface area contributed by atoms with E-state index in [0.29, 0.717) is 0 Å². The number of hydrogen-bond donors (Lipinski definition) is 0. The van der Waals surface area contributed by atoms with Crippen molar-refractivity contribution in [2.75, 3.05) is 13.2 Å². The Hall–Kier alpha value is -6.58. The molecule has 442 valence electrons. The van der Waals surface area contributed by atoms with E-state index in [9.17, 15) is 105 Å². The maximum Gasteiger partial charge on any atom is 0.416 e. The van der Waals surface area contributed by atoms with E-state index in [1.165, 1.54) is 36.4 Å². The van der Waals surface area contributed by atoms with Crippen molar-refractivity contribution >= 4 is 69.2 Å². The summed E-state index contributed by atoms with van der Waals surface area (Å²) in [6.07, 6.45) is -45.9. The molecule has 0 radical (unpaired) electrons. The molecule has 0 atom stereocenters. The van der Waals surface area contributed by atoms with Crippen molar-refractivity contribution in [3.05, 3.63) is 190 Å². The van der Waals surface area contributed by atoms with Gasteiger partial charge < -0.3 is 4.74 Å². The lowest BCUT2D eigenvalue weighted by Crippen LogP contribution is -2.29. The summed E-state index contributed by atoms with van der Waals surface area (Å²) in [5.74, 6) is 0. The Labute approximate surface area is 456 Å². The van der Waals surface area contributed by atoms with Crippen LogP contribution in [0, 0.1) is 0 Å². The number of ether oxygens (including phenoxy) is 1. The monoisotopic (exact) mass is 1240 g/mol. The number of benzene rings is 8. The highest BCUT2D eigenvalue weighted by molar-refractivity contribution is 7.81. The Morgan fingerprint density at radius 2 is 0.482 bits per heavy atom. The van der Waals surface area contributed by atoms with Crippen LogP contribution in [0.15, 0.2) is 146 Å². The fourth-order valence-corrected chi connectivity index (χ4v) is 14.0. The number of rotatable bonds is 9. The van der Waals surface area contributed by atoms with Gasteiger partial charge >= 0.3 is 49.4 Å². The van der Waals surface area contributed by atoms with Gasteiger partial charge in [-0.2, -0.15) is 105 Å². The van der Waals surface area contributed by atoms with Gasteiger partial charge in [-0.15, -0.1) is 0 Å². The lowest BCUT2D eigenvalue weighted by Gasteiger charge is -2.30. The number of fused-ring (bicyclic) bond motifs is 2. The summed E-state index contributed by atoms with van der Waals surface area (Å²) < 4.78 is 358. The fraction of sp³-hybridized carbons (Fsp3) is 0.214. The lowest BCUT2D eigenvalue weighted by molar-refractivity contribution is -0.144. The van der Waals surface area contributed by atoms with Gasteiger partial charge in [0, 0.05) is 13.2 Å². The number of hydrogen-bond acceptors (Lipinski definition) is 1. The molecule has 0 amide bonds. The first-order chi connectivity index (χ1) is 38.1. The second kappa shape index (κ2) is 23.1. The van der Waals surface area contributed by atoms with Gasteiger partial charge in [0.2, 0.25) is 0 Å². The standard InChI is InChI=1S/C52H24F24P2.C4H10O/c53-45(54,55)27-13-28(46(56,57)58)18-35(17-27)77(36-19-29(47(59,60)61)14-30(20-36)48(62,63)64)41-11-9-25-5-1-3-7-39(25)43(41)44-40-8-4-2-6-26(40)10-12-42(44)78(37-21-31(49(65,66)67)15-32(22-37)50(68,69)70)38-23-33(51(71,72)73)16-34(24-38)52(74,75)76;1-3-5-4-2/h1-24H;3-4H2,1-2H3. The van der Waals surface area contributed by atoms with Gasteiger partial charge in [0.25, 0.3) is 0 Å². The maximum absolute atomic E-state index is 14.7.